The van der Waals surface area contributed by atoms with Gasteiger partial charge in [0.25, 0.3) is 0 Å². The van der Waals surface area contributed by atoms with E-state index in [1.54, 1.807) is 0 Å². The molecule has 2 aromatic carbocycles. The summed E-state index contributed by atoms with van der Waals surface area (Å²) in [6.45, 7) is 3.68. The van der Waals surface area contributed by atoms with Gasteiger partial charge in [-0.25, -0.2) is 0 Å². The quantitative estimate of drug-likeness (QED) is 0.938. The van der Waals surface area contributed by atoms with Crippen LogP contribution in [0.3, 0.4) is 0 Å². The van der Waals surface area contributed by atoms with Crippen molar-refractivity contribution in [1.82, 2.24) is 10.2 Å². The first-order valence-corrected chi connectivity index (χ1v) is 7.79. The molecule has 0 spiro atoms. The highest BCUT2D eigenvalue weighted by Crippen LogP contribution is 2.17. The van der Waals surface area contributed by atoms with Gasteiger partial charge in [0, 0.05) is 26.1 Å². The maximum absolute atomic E-state index is 12.3. The van der Waals surface area contributed by atoms with Crippen molar-refractivity contribution in [3.63, 3.8) is 0 Å². The number of carbonyl (C=O) groups is 1. The summed E-state index contributed by atoms with van der Waals surface area (Å²) in [7, 11) is 0. The fourth-order valence-electron chi connectivity index (χ4n) is 2.90. The normalized spacial score (nSPS) is 15.9. The zero-order valence-corrected chi connectivity index (χ0v) is 12.3. The second-order valence-corrected chi connectivity index (χ2v) is 5.67. The number of fused-ring (bicyclic) bond motifs is 1. The van der Waals surface area contributed by atoms with Crippen LogP contribution in [0, 0.1) is 0 Å². The third-order valence-corrected chi connectivity index (χ3v) is 4.13. The van der Waals surface area contributed by atoms with E-state index in [2.05, 4.69) is 47.8 Å². The predicted octanol–water partition coefficient (Wildman–Crippen LogP) is 2.59. The SMILES string of the molecule is O=C(CCc1ccc2ccccc2c1)N1CCCNCC1. The van der Waals surface area contributed by atoms with Gasteiger partial charge in [0.1, 0.15) is 0 Å². The highest BCUT2D eigenvalue weighted by Gasteiger charge is 2.14. The lowest BCUT2D eigenvalue weighted by molar-refractivity contribution is -0.130. The molecule has 1 amide bonds. The Morgan fingerprint density at radius 3 is 2.81 bits per heavy atom. The molecular weight excluding hydrogens is 260 g/mol. The number of carbonyl (C=O) groups excluding carboxylic acids is 1. The van der Waals surface area contributed by atoms with Gasteiger partial charge in [0.05, 0.1) is 0 Å². The number of amides is 1. The van der Waals surface area contributed by atoms with Gasteiger partial charge < -0.3 is 10.2 Å². The Kier molecular flexibility index (Phi) is 4.51. The van der Waals surface area contributed by atoms with Crippen LogP contribution in [0.25, 0.3) is 10.8 Å². The predicted molar refractivity (Wildman–Crippen MR) is 86.3 cm³/mol. The lowest BCUT2D eigenvalue weighted by Gasteiger charge is -2.19. The average molecular weight is 282 g/mol. The smallest absolute Gasteiger partial charge is 0.222 e. The molecule has 110 valence electrons. The molecule has 21 heavy (non-hydrogen) atoms. The fourth-order valence-corrected chi connectivity index (χ4v) is 2.90. The molecule has 1 aliphatic heterocycles. The molecule has 1 N–H and O–H groups in total. The van der Waals surface area contributed by atoms with Crippen LogP contribution in [0.1, 0.15) is 18.4 Å². The zero-order valence-electron chi connectivity index (χ0n) is 12.3. The van der Waals surface area contributed by atoms with Crippen molar-refractivity contribution in [3.05, 3.63) is 48.0 Å². The molecule has 3 rings (SSSR count). The number of benzene rings is 2. The van der Waals surface area contributed by atoms with Gasteiger partial charge >= 0.3 is 0 Å². The summed E-state index contributed by atoms with van der Waals surface area (Å²) in [6, 6.07) is 14.8. The maximum Gasteiger partial charge on any atom is 0.222 e. The second kappa shape index (κ2) is 6.72. The van der Waals surface area contributed by atoms with Gasteiger partial charge in [-0.15, -0.1) is 0 Å². The van der Waals surface area contributed by atoms with Gasteiger partial charge in [0.15, 0.2) is 0 Å². The van der Waals surface area contributed by atoms with Gasteiger partial charge in [-0.3, -0.25) is 4.79 Å². The summed E-state index contributed by atoms with van der Waals surface area (Å²) in [5, 5.41) is 5.84. The molecule has 3 heteroatoms. The van der Waals surface area contributed by atoms with Crippen molar-refractivity contribution in [2.75, 3.05) is 26.2 Å². The molecule has 0 saturated carbocycles. The van der Waals surface area contributed by atoms with Crippen LogP contribution in [0.5, 0.6) is 0 Å². The molecule has 1 saturated heterocycles. The number of hydrogen-bond acceptors (Lipinski definition) is 2. The number of rotatable bonds is 3. The molecule has 0 unspecified atom stereocenters. The third kappa shape index (κ3) is 3.61. The molecule has 0 radical (unpaired) electrons. The summed E-state index contributed by atoms with van der Waals surface area (Å²) < 4.78 is 0. The highest BCUT2D eigenvalue weighted by atomic mass is 16.2. The molecule has 0 atom stereocenters. The monoisotopic (exact) mass is 282 g/mol. The minimum Gasteiger partial charge on any atom is -0.341 e. The van der Waals surface area contributed by atoms with Crippen molar-refractivity contribution in [1.29, 1.82) is 0 Å². The number of aryl methyl sites for hydroxylation is 1. The Balaban J connectivity index is 1.61. The lowest BCUT2D eigenvalue weighted by Crippen LogP contribution is -2.34. The Morgan fingerprint density at radius 2 is 1.90 bits per heavy atom. The number of hydrogen-bond donors (Lipinski definition) is 1. The summed E-state index contributed by atoms with van der Waals surface area (Å²) >= 11 is 0. The van der Waals surface area contributed by atoms with E-state index in [0.717, 1.165) is 39.0 Å². The Bertz CT molecular complexity index is 615. The van der Waals surface area contributed by atoms with Crippen molar-refractivity contribution in [2.45, 2.75) is 19.3 Å². The first-order valence-electron chi connectivity index (χ1n) is 7.79. The van der Waals surface area contributed by atoms with E-state index < -0.39 is 0 Å². The van der Waals surface area contributed by atoms with Crippen molar-refractivity contribution in [3.8, 4) is 0 Å². The van der Waals surface area contributed by atoms with Crippen molar-refractivity contribution >= 4 is 16.7 Å². The summed E-state index contributed by atoms with van der Waals surface area (Å²) in [6.07, 6.45) is 2.49. The van der Waals surface area contributed by atoms with Gasteiger partial charge in [0.2, 0.25) is 5.91 Å². The van der Waals surface area contributed by atoms with Crippen LogP contribution in [0.4, 0.5) is 0 Å². The van der Waals surface area contributed by atoms with Gasteiger partial charge in [-0.2, -0.15) is 0 Å². The summed E-state index contributed by atoms with van der Waals surface area (Å²) in [5.74, 6) is 0.284. The van der Waals surface area contributed by atoms with E-state index in [-0.39, 0.29) is 5.91 Å². The van der Waals surface area contributed by atoms with E-state index in [9.17, 15) is 4.79 Å². The lowest BCUT2D eigenvalue weighted by atomic mass is 10.0. The van der Waals surface area contributed by atoms with Crippen LogP contribution in [-0.4, -0.2) is 37.0 Å². The zero-order chi connectivity index (χ0) is 14.5. The van der Waals surface area contributed by atoms with Crippen molar-refractivity contribution < 1.29 is 4.79 Å². The number of nitrogens with zero attached hydrogens (tertiary/aromatic N) is 1. The molecule has 0 aromatic heterocycles. The molecule has 2 aromatic rings. The highest BCUT2D eigenvalue weighted by molar-refractivity contribution is 5.83. The minimum atomic E-state index is 0.284. The van der Waals surface area contributed by atoms with Crippen LogP contribution >= 0.6 is 0 Å². The van der Waals surface area contributed by atoms with E-state index in [1.165, 1.54) is 16.3 Å². The Labute approximate surface area is 125 Å². The summed E-state index contributed by atoms with van der Waals surface area (Å²) in [4.78, 5) is 14.3. The van der Waals surface area contributed by atoms with E-state index >= 15 is 0 Å². The third-order valence-electron chi connectivity index (χ3n) is 4.13. The summed E-state index contributed by atoms with van der Waals surface area (Å²) in [5.41, 5.74) is 1.25. The van der Waals surface area contributed by atoms with E-state index in [1.807, 2.05) is 4.90 Å². The Morgan fingerprint density at radius 1 is 1.05 bits per heavy atom. The molecule has 3 nitrogen and oxygen atoms in total. The molecule has 0 bridgehead atoms. The largest absolute Gasteiger partial charge is 0.341 e. The first-order chi connectivity index (χ1) is 10.3. The van der Waals surface area contributed by atoms with Gasteiger partial charge in [-0.1, -0.05) is 42.5 Å². The van der Waals surface area contributed by atoms with Crippen LogP contribution in [0.2, 0.25) is 0 Å². The molecule has 0 aliphatic carbocycles. The standard InChI is InChI=1S/C18H22N2O/c21-18(20-12-3-10-19-11-13-20)9-7-15-6-8-16-4-1-2-5-17(16)14-15/h1-2,4-6,8,14,19H,3,7,9-13H2. The van der Waals surface area contributed by atoms with Gasteiger partial charge in [-0.05, 0) is 35.7 Å². The number of nitrogens with one attached hydrogen (secondary N) is 1. The van der Waals surface area contributed by atoms with Crippen molar-refractivity contribution in [2.24, 2.45) is 0 Å². The van der Waals surface area contributed by atoms with Crippen LogP contribution in [-0.2, 0) is 11.2 Å². The molecular formula is C18H22N2O. The molecule has 1 fully saturated rings. The Hall–Kier alpha value is -1.87. The van der Waals surface area contributed by atoms with Crippen LogP contribution < -0.4 is 5.32 Å². The second-order valence-electron chi connectivity index (χ2n) is 5.67. The van der Waals surface area contributed by atoms with E-state index in [4.69, 9.17) is 0 Å². The topological polar surface area (TPSA) is 32.3 Å². The molecule has 1 heterocycles. The first kappa shape index (κ1) is 14.1. The maximum atomic E-state index is 12.3. The van der Waals surface area contributed by atoms with E-state index in [0.29, 0.717) is 6.42 Å². The average Bonchev–Trinajstić information content (AvgIpc) is 2.81. The molecule has 1 aliphatic rings. The van der Waals surface area contributed by atoms with Crippen LogP contribution in [0.15, 0.2) is 42.5 Å². The minimum absolute atomic E-state index is 0.284. The fraction of sp³-hybridized carbons (Fsp3) is 0.389.